The lowest BCUT2D eigenvalue weighted by Crippen LogP contribution is -2.39. The van der Waals surface area contributed by atoms with Crippen LogP contribution in [-0.4, -0.2) is 23.7 Å². The van der Waals surface area contributed by atoms with Gasteiger partial charge in [-0.25, -0.2) is 0 Å². The monoisotopic (exact) mass is 319 g/mol. The molecule has 0 bridgehead atoms. The van der Waals surface area contributed by atoms with E-state index in [4.69, 9.17) is 4.74 Å². The predicted octanol–water partition coefficient (Wildman–Crippen LogP) is 3.94. The van der Waals surface area contributed by atoms with E-state index in [0.29, 0.717) is 6.42 Å². The SMILES string of the molecule is CC(NC(CCC(C)(C)C)C(=O)O)c1ccc2c(c1)OCCC2. The number of hydrogen-bond donors (Lipinski definition) is 2. The molecule has 1 aliphatic heterocycles. The number of carboxylic acids is 1. The van der Waals surface area contributed by atoms with Crippen molar-refractivity contribution in [1.82, 2.24) is 5.32 Å². The maximum Gasteiger partial charge on any atom is 0.320 e. The molecule has 2 atom stereocenters. The van der Waals surface area contributed by atoms with Gasteiger partial charge >= 0.3 is 5.97 Å². The highest BCUT2D eigenvalue weighted by Gasteiger charge is 2.23. The number of hydrogen-bond acceptors (Lipinski definition) is 3. The fourth-order valence-corrected chi connectivity index (χ4v) is 2.88. The minimum Gasteiger partial charge on any atom is -0.493 e. The molecule has 2 unspecified atom stereocenters. The Kier molecular flexibility index (Phi) is 5.69. The molecule has 0 amide bonds. The molecule has 0 radical (unpaired) electrons. The molecule has 0 saturated carbocycles. The molecule has 0 aliphatic carbocycles. The van der Waals surface area contributed by atoms with Crippen LogP contribution in [0.15, 0.2) is 18.2 Å². The van der Waals surface area contributed by atoms with Crippen LogP contribution >= 0.6 is 0 Å². The zero-order chi connectivity index (χ0) is 17.0. The number of carbonyl (C=O) groups is 1. The average Bonchev–Trinajstić information content (AvgIpc) is 2.49. The van der Waals surface area contributed by atoms with Gasteiger partial charge in [0.15, 0.2) is 0 Å². The van der Waals surface area contributed by atoms with Crippen molar-refractivity contribution in [1.29, 1.82) is 0 Å². The Bertz CT molecular complexity index is 548. The Balaban J connectivity index is 2.03. The van der Waals surface area contributed by atoms with Gasteiger partial charge in [0.1, 0.15) is 11.8 Å². The predicted molar refractivity (Wildman–Crippen MR) is 91.9 cm³/mol. The molecule has 0 saturated heterocycles. The first-order chi connectivity index (χ1) is 10.8. The van der Waals surface area contributed by atoms with Crippen LogP contribution in [-0.2, 0) is 11.2 Å². The summed E-state index contributed by atoms with van der Waals surface area (Å²) in [5.74, 6) is 0.166. The fraction of sp³-hybridized carbons (Fsp3) is 0.632. The number of aliphatic carboxylic acids is 1. The molecule has 1 aliphatic rings. The van der Waals surface area contributed by atoms with E-state index in [1.54, 1.807) is 0 Å². The van der Waals surface area contributed by atoms with Gasteiger partial charge in [0.25, 0.3) is 0 Å². The molecule has 1 aromatic rings. The van der Waals surface area contributed by atoms with E-state index in [1.807, 2.05) is 6.92 Å². The molecule has 4 heteroatoms. The molecule has 4 nitrogen and oxygen atoms in total. The van der Waals surface area contributed by atoms with Gasteiger partial charge in [-0.15, -0.1) is 0 Å². The summed E-state index contributed by atoms with van der Waals surface area (Å²) in [6.07, 6.45) is 3.62. The van der Waals surface area contributed by atoms with Crippen LogP contribution in [0.1, 0.15) is 64.1 Å². The third-order valence-corrected chi connectivity index (χ3v) is 4.37. The van der Waals surface area contributed by atoms with Crippen molar-refractivity contribution in [3.63, 3.8) is 0 Å². The molecule has 0 fully saturated rings. The van der Waals surface area contributed by atoms with E-state index < -0.39 is 12.0 Å². The summed E-state index contributed by atoms with van der Waals surface area (Å²) in [7, 11) is 0. The quantitative estimate of drug-likeness (QED) is 0.834. The van der Waals surface area contributed by atoms with Crippen LogP contribution in [0.2, 0.25) is 0 Å². The van der Waals surface area contributed by atoms with Crippen molar-refractivity contribution >= 4 is 5.97 Å². The van der Waals surface area contributed by atoms with Gasteiger partial charge in [-0.1, -0.05) is 32.9 Å². The van der Waals surface area contributed by atoms with Crippen molar-refractivity contribution < 1.29 is 14.6 Å². The number of rotatable bonds is 6. The van der Waals surface area contributed by atoms with Crippen molar-refractivity contribution in [3.05, 3.63) is 29.3 Å². The lowest BCUT2D eigenvalue weighted by atomic mass is 9.88. The summed E-state index contributed by atoms with van der Waals surface area (Å²) in [4.78, 5) is 11.5. The van der Waals surface area contributed by atoms with Gasteiger partial charge in [-0.05, 0) is 55.2 Å². The standard InChI is InChI=1S/C19H29NO3/c1-13(20-16(18(21)22)9-10-19(2,3)4)15-8-7-14-6-5-11-23-17(14)12-15/h7-8,12-13,16,20H,5-6,9-11H2,1-4H3,(H,21,22). The molecule has 1 heterocycles. The number of ether oxygens (including phenoxy) is 1. The van der Waals surface area contributed by atoms with Crippen LogP contribution in [0, 0.1) is 5.41 Å². The first kappa shape index (κ1) is 17.8. The topological polar surface area (TPSA) is 58.6 Å². The van der Waals surface area contributed by atoms with Gasteiger partial charge in [0.2, 0.25) is 0 Å². The molecule has 2 N–H and O–H groups in total. The lowest BCUT2D eigenvalue weighted by molar-refractivity contribution is -0.140. The number of nitrogens with one attached hydrogen (secondary N) is 1. The fourth-order valence-electron chi connectivity index (χ4n) is 2.88. The highest BCUT2D eigenvalue weighted by atomic mass is 16.5. The molecule has 128 valence electrons. The highest BCUT2D eigenvalue weighted by molar-refractivity contribution is 5.73. The summed E-state index contributed by atoms with van der Waals surface area (Å²) in [5, 5.41) is 12.7. The van der Waals surface area contributed by atoms with Crippen LogP contribution in [0.25, 0.3) is 0 Å². The van der Waals surface area contributed by atoms with E-state index in [9.17, 15) is 9.90 Å². The van der Waals surface area contributed by atoms with Crippen LogP contribution in [0.5, 0.6) is 5.75 Å². The number of carboxylic acid groups (broad SMARTS) is 1. The molecule has 23 heavy (non-hydrogen) atoms. The number of fused-ring (bicyclic) bond motifs is 1. The zero-order valence-corrected chi connectivity index (χ0v) is 14.7. The smallest absolute Gasteiger partial charge is 0.320 e. The third kappa shape index (κ3) is 5.24. The summed E-state index contributed by atoms with van der Waals surface area (Å²) >= 11 is 0. The highest BCUT2D eigenvalue weighted by Crippen LogP contribution is 2.29. The maximum absolute atomic E-state index is 11.5. The second-order valence-corrected chi connectivity index (χ2v) is 7.70. The van der Waals surface area contributed by atoms with Crippen molar-refractivity contribution in [3.8, 4) is 5.75 Å². The Hall–Kier alpha value is -1.55. The van der Waals surface area contributed by atoms with E-state index in [-0.39, 0.29) is 11.5 Å². The molecule has 1 aromatic carbocycles. The summed E-state index contributed by atoms with van der Waals surface area (Å²) in [5.41, 5.74) is 2.46. The third-order valence-electron chi connectivity index (χ3n) is 4.37. The van der Waals surface area contributed by atoms with E-state index >= 15 is 0 Å². The minimum atomic E-state index is -0.782. The maximum atomic E-state index is 11.5. The zero-order valence-electron chi connectivity index (χ0n) is 14.7. The summed E-state index contributed by atoms with van der Waals surface area (Å²) in [6, 6.07) is 5.68. The van der Waals surface area contributed by atoms with E-state index in [1.165, 1.54) is 5.56 Å². The second-order valence-electron chi connectivity index (χ2n) is 7.70. The summed E-state index contributed by atoms with van der Waals surface area (Å²) < 4.78 is 5.71. The summed E-state index contributed by atoms with van der Waals surface area (Å²) in [6.45, 7) is 9.18. The first-order valence-corrected chi connectivity index (χ1v) is 8.51. The largest absolute Gasteiger partial charge is 0.493 e. The molecule has 2 rings (SSSR count). The van der Waals surface area contributed by atoms with E-state index in [0.717, 1.165) is 37.2 Å². The minimum absolute atomic E-state index is 0.0214. The Labute approximate surface area is 139 Å². The van der Waals surface area contributed by atoms with Crippen molar-refractivity contribution in [2.24, 2.45) is 5.41 Å². The second kappa shape index (κ2) is 7.35. The number of benzene rings is 1. The first-order valence-electron chi connectivity index (χ1n) is 8.51. The average molecular weight is 319 g/mol. The molecule has 0 spiro atoms. The molecule has 0 aromatic heterocycles. The Morgan fingerprint density at radius 1 is 1.39 bits per heavy atom. The van der Waals surface area contributed by atoms with Gasteiger partial charge < -0.3 is 9.84 Å². The lowest BCUT2D eigenvalue weighted by Gasteiger charge is -2.25. The van der Waals surface area contributed by atoms with Gasteiger partial charge in [0.05, 0.1) is 6.61 Å². The molecular weight excluding hydrogens is 290 g/mol. The normalized spacial score (nSPS) is 17.0. The van der Waals surface area contributed by atoms with E-state index in [2.05, 4.69) is 44.3 Å². The van der Waals surface area contributed by atoms with Crippen molar-refractivity contribution in [2.75, 3.05) is 6.61 Å². The van der Waals surface area contributed by atoms with Crippen LogP contribution in [0.3, 0.4) is 0 Å². The van der Waals surface area contributed by atoms with Crippen molar-refractivity contribution in [2.45, 2.75) is 65.5 Å². The van der Waals surface area contributed by atoms with Gasteiger partial charge in [-0.3, -0.25) is 10.1 Å². The van der Waals surface area contributed by atoms with Gasteiger partial charge in [0, 0.05) is 6.04 Å². The number of aryl methyl sites for hydroxylation is 1. The molecular formula is C19H29NO3. The van der Waals surface area contributed by atoms with Gasteiger partial charge in [-0.2, -0.15) is 0 Å². The van der Waals surface area contributed by atoms with Crippen LogP contribution in [0.4, 0.5) is 0 Å². The Morgan fingerprint density at radius 2 is 2.13 bits per heavy atom. The van der Waals surface area contributed by atoms with Crippen LogP contribution < -0.4 is 10.1 Å². The Morgan fingerprint density at radius 3 is 2.78 bits per heavy atom.